The topological polar surface area (TPSA) is 54.6 Å². The number of fused-ring (bicyclic) bond motifs is 1. The second-order valence-corrected chi connectivity index (χ2v) is 6.62. The molecule has 2 aromatic carbocycles. The first kappa shape index (κ1) is 18.0. The Labute approximate surface area is 153 Å². The van der Waals surface area contributed by atoms with Gasteiger partial charge in [-0.1, -0.05) is 6.07 Å². The van der Waals surface area contributed by atoms with Crippen LogP contribution in [-0.2, 0) is 6.42 Å². The van der Waals surface area contributed by atoms with Gasteiger partial charge in [0, 0.05) is 23.6 Å². The zero-order chi connectivity index (χ0) is 18.7. The molecule has 3 aromatic rings. The third-order valence-corrected chi connectivity index (χ3v) is 4.43. The van der Waals surface area contributed by atoms with Crippen LogP contribution < -0.4 is 9.47 Å². The molecule has 0 fully saturated rings. The van der Waals surface area contributed by atoms with E-state index in [1.807, 2.05) is 51.5 Å². The van der Waals surface area contributed by atoms with Gasteiger partial charge in [0.1, 0.15) is 11.5 Å². The molecule has 0 saturated heterocycles. The van der Waals surface area contributed by atoms with Gasteiger partial charge in [0.15, 0.2) is 0 Å². The number of carbonyl (C=O) groups is 1. The molecule has 0 aliphatic rings. The number of aryl methyl sites for hydroxylation is 1. The second kappa shape index (κ2) is 7.62. The standard InChI is InChI=1S/C21H24N2O3/c1-14-12-16(25-4)8-9-17(14)21(24)26-19-7-5-6-18-20(19)15(13-22-18)10-11-23(2)3/h5-9,12-13,22H,10-11H2,1-4H3. The van der Waals surface area contributed by atoms with Gasteiger partial charge in [0.05, 0.1) is 12.7 Å². The van der Waals surface area contributed by atoms with Crippen molar-refractivity contribution in [1.82, 2.24) is 9.88 Å². The number of likely N-dealkylation sites (N-methyl/N-ethyl adjacent to an activating group) is 1. The minimum atomic E-state index is -0.364. The molecule has 1 aromatic heterocycles. The number of H-pyrrole nitrogens is 1. The zero-order valence-corrected chi connectivity index (χ0v) is 15.6. The van der Waals surface area contributed by atoms with Crippen molar-refractivity contribution < 1.29 is 14.3 Å². The maximum Gasteiger partial charge on any atom is 0.343 e. The molecule has 26 heavy (non-hydrogen) atoms. The molecule has 0 saturated carbocycles. The van der Waals surface area contributed by atoms with Crippen LogP contribution in [0.1, 0.15) is 21.5 Å². The Hall–Kier alpha value is -2.79. The van der Waals surface area contributed by atoms with E-state index in [-0.39, 0.29) is 5.97 Å². The molecule has 0 aliphatic carbocycles. The number of ether oxygens (including phenoxy) is 2. The van der Waals surface area contributed by atoms with Gasteiger partial charge in [-0.25, -0.2) is 4.79 Å². The van der Waals surface area contributed by atoms with Gasteiger partial charge < -0.3 is 19.4 Å². The van der Waals surface area contributed by atoms with E-state index in [4.69, 9.17) is 9.47 Å². The summed E-state index contributed by atoms with van der Waals surface area (Å²) in [6.45, 7) is 2.80. The van der Waals surface area contributed by atoms with Crippen molar-refractivity contribution in [3.05, 3.63) is 59.3 Å². The lowest BCUT2D eigenvalue weighted by molar-refractivity contribution is 0.0736. The van der Waals surface area contributed by atoms with Crippen molar-refractivity contribution >= 4 is 16.9 Å². The summed E-state index contributed by atoms with van der Waals surface area (Å²) in [5.41, 5.74) is 3.47. The van der Waals surface area contributed by atoms with Crippen LogP contribution >= 0.6 is 0 Å². The van der Waals surface area contributed by atoms with Crippen molar-refractivity contribution in [1.29, 1.82) is 0 Å². The third kappa shape index (κ3) is 3.73. The smallest absolute Gasteiger partial charge is 0.343 e. The number of esters is 1. The molecular weight excluding hydrogens is 328 g/mol. The van der Waals surface area contributed by atoms with Crippen LogP contribution in [0, 0.1) is 6.92 Å². The number of carbonyl (C=O) groups excluding carboxylic acids is 1. The summed E-state index contributed by atoms with van der Waals surface area (Å²) in [6.07, 6.45) is 2.87. The molecule has 5 nitrogen and oxygen atoms in total. The molecule has 0 atom stereocenters. The van der Waals surface area contributed by atoms with E-state index in [1.165, 1.54) is 0 Å². The van der Waals surface area contributed by atoms with E-state index >= 15 is 0 Å². The molecule has 1 heterocycles. The highest BCUT2D eigenvalue weighted by Crippen LogP contribution is 2.30. The lowest BCUT2D eigenvalue weighted by Crippen LogP contribution is -2.15. The van der Waals surface area contributed by atoms with Crippen molar-refractivity contribution in [2.75, 3.05) is 27.7 Å². The Morgan fingerprint density at radius 1 is 1.19 bits per heavy atom. The van der Waals surface area contributed by atoms with Crippen LogP contribution in [0.3, 0.4) is 0 Å². The first-order valence-electron chi connectivity index (χ1n) is 8.60. The minimum Gasteiger partial charge on any atom is -0.497 e. The van der Waals surface area contributed by atoms with Crippen molar-refractivity contribution in [2.45, 2.75) is 13.3 Å². The zero-order valence-electron chi connectivity index (χ0n) is 15.6. The average molecular weight is 352 g/mol. The van der Waals surface area contributed by atoms with Crippen molar-refractivity contribution in [3.63, 3.8) is 0 Å². The fraction of sp³-hybridized carbons (Fsp3) is 0.286. The van der Waals surface area contributed by atoms with Gasteiger partial charge >= 0.3 is 5.97 Å². The van der Waals surface area contributed by atoms with Gasteiger partial charge in [-0.15, -0.1) is 0 Å². The van der Waals surface area contributed by atoms with E-state index in [1.54, 1.807) is 19.2 Å². The predicted octanol–water partition coefficient (Wildman–Crippen LogP) is 3.81. The number of hydrogen-bond acceptors (Lipinski definition) is 4. The van der Waals surface area contributed by atoms with E-state index in [0.717, 1.165) is 40.7 Å². The first-order valence-corrected chi connectivity index (χ1v) is 8.60. The minimum absolute atomic E-state index is 0.364. The fourth-order valence-corrected chi connectivity index (χ4v) is 2.99. The molecule has 1 N–H and O–H groups in total. The van der Waals surface area contributed by atoms with Gasteiger partial charge in [0.25, 0.3) is 0 Å². The molecule has 0 spiro atoms. The second-order valence-electron chi connectivity index (χ2n) is 6.62. The van der Waals surface area contributed by atoms with E-state index in [0.29, 0.717) is 11.3 Å². The SMILES string of the molecule is COc1ccc(C(=O)Oc2cccc3[nH]cc(CCN(C)C)c23)c(C)c1. The summed E-state index contributed by atoms with van der Waals surface area (Å²) in [6, 6.07) is 11.0. The molecule has 136 valence electrons. The maximum absolute atomic E-state index is 12.7. The summed E-state index contributed by atoms with van der Waals surface area (Å²) < 4.78 is 11.0. The maximum atomic E-state index is 12.7. The number of nitrogens with zero attached hydrogens (tertiary/aromatic N) is 1. The number of aromatic amines is 1. The van der Waals surface area contributed by atoms with Gasteiger partial charge in [-0.05, 0) is 68.9 Å². The van der Waals surface area contributed by atoms with Gasteiger partial charge in [-0.3, -0.25) is 0 Å². The summed E-state index contributed by atoms with van der Waals surface area (Å²) in [5.74, 6) is 0.938. The monoisotopic (exact) mass is 352 g/mol. The summed E-state index contributed by atoms with van der Waals surface area (Å²) in [5, 5.41) is 0.967. The van der Waals surface area contributed by atoms with Crippen molar-refractivity contribution in [3.8, 4) is 11.5 Å². The fourth-order valence-electron chi connectivity index (χ4n) is 2.99. The van der Waals surface area contributed by atoms with Gasteiger partial charge in [-0.2, -0.15) is 0 Å². The highest BCUT2D eigenvalue weighted by Gasteiger charge is 2.16. The molecule has 5 heteroatoms. The van der Waals surface area contributed by atoms with Crippen LogP contribution in [0.2, 0.25) is 0 Å². The Morgan fingerprint density at radius 3 is 2.69 bits per heavy atom. The number of rotatable bonds is 6. The number of nitrogens with one attached hydrogen (secondary N) is 1. The third-order valence-electron chi connectivity index (χ3n) is 4.43. The molecule has 0 amide bonds. The molecule has 0 radical (unpaired) electrons. The van der Waals surface area contributed by atoms with Crippen LogP contribution in [-0.4, -0.2) is 43.6 Å². The van der Waals surface area contributed by atoms with Crippen molar-refractivity contribution in [2.24, 2.45) is 0 Å². The largest absolute Gasteiger partial charge is 0.497 e. The number of aromatic nitrogens is 1. The highest BCUT2D eigenvalue weighted by atomic mass is 16.5. The summed E-state index contributed by atoms with van der Waals surface area (Å²) in [4.78, 5) is 18.1. The normalized spacial score (nSPS) is 11.1. The molecule has 0 aliphatic heterocycles. The van der Waals surface area contributed by atoms with Crippen LogP contribution in [0.15, 0.2) is 42.6 Å². The highest BCUT2D eigenvalue weighted by molar-refractivity contribution is 5.97. The van der Waals surface area contributed by atoms with Crippen LogP contribution in [0.25, 0.3) is 10.9 Å². The quantitative estimate of drug-likeness (QED) is 0.541. The number of hydrogen-bond donors (Lipinski definition) is 1. The molecule has 0 unspecified atom stereocenters. The van der Waals surface area contributed by atoms with E-state index in [2.05, 4.69) is 9.88 Å². The number of benzene rings is 2. The molecular formula is C21H24N2O3. The van der Waals surface area contributed by atoms with E-state index in [9.17, 15) is 4.79 Å². The van der Waals surface area contributed by atoms with Gasteiger partial charge in [0.2, 0.25) is 0 Å². The lowest BCUT2D eigenvalue weighted by atomic mass is 10.1. The predicted molar refractivity (Wildman–Crippen MR) is 103 cm³/mol. The van der Waals surface area contributed by atoms with E-state index < -0.39 is 0 Å². The Bertz CT molecular complexity index is 928. The Balaban J connectivity index is 1.90. The van der Waals surface area contributed by atoms with Crippen LogP contribution in [0.4, 0.5) is 0 Å². The van der Waals surface area contributed by atoms with Crippen LogP contribution in [0.5, 0.6) is 11.5 Å². The Morgan fingerprint density at radius 2 is 2.00 bits per heavy atom. The summed E-state index contributed by atoms with van der Waals surface area (Å²) in [7, 11) is 5.69. The number of methoxy groups -OCH3 is 1. The Kier molecular flexibility index (Phi) is 5.28. The lowest BCUT2D eigenvalue weighted by Gasteiger charge is -2.11. The average Bonchev–Trinajstić information content (AvgIpc) is 3.04. The first-order chi connectivity index (χ1) is 12.5. The molecule has 0 bridgehead atoms. The summed E-state index contributed by atoms with van der Waals surface area (Å²) >= 11 is 0. The molecule has 3 rings (SSSR count).